The van der Waals surface area contributed by atoms with Crippen LogP contribution < -0.4 is 0 Å². The maximum absolute atomic E-state index is 13.1. The number of hydrogen-bond acceptors (Lipinski definition) is 5. The molecule has 2 aromatic carbocycles. The van der Waals surface area contributed by atoms with Gasteiger partial charge in [0.25, 0.3) is 5.91 Å². The zero-order chi connectivity index (χ0) is 21.6. The molecule has 2 aliphatic heterocycles. The lowest BCUT2D eigenvalue weighted by Crippen LogP contribution is -2.44. The first-order chi connectivity index (χ1) is 15.1. The van der Waals surface area contributed by atoms with Crippen molar-refractivity contribution in [1.29, 1.82) is 0 Å². The summed E-state index contributed by atoms with van der Waals surface area (Å²) >= 11 is 0. The molecule has 1 atom stereocenters. The fourth-order valence-corrected chi connectivity index (χ4v) is 3.85. The highest BCUT2D eigenvalue weighted by Crippen LogP contribution is 2.23. The lowest BCUT2D eigenvalue weighted by Gasteiger charge is -2.30. The van der Waals surface area contributed by atoms with E-state index in [1.807, 2.05) is 35.2 Å². The Kier molecular flexibility index (Phi) is 6.62. The molecule has 2 amide bonds. The second kappa shape index (κ2) is 9.75. The number of rotatable bonds is 6. The first-order valence-corrected chi connectivity index (χ1v) is 10.6. The summed E-state index contributed by atoms with van der Waals surface area (Å²) in [4.78, 5) is 41.2. The predicted molar refractivity (Wildman–Crippen MR) is 113 cm³/mol. The molecule has 0 radical (unpaired) electrons. The molecule has 0 bridgehead atoms. The number of esters is 1. The third kappa shape index (κ3) is 5.11. The van der Waals surface area contributed by atoms with Crippen LogP contribution in [-0.2, 0) is 25.6 Å². The summed E-state index contributed by atoms with van der Waals surface area (Å²) in [6, 6.07) is 16.1. The van der Waals surface area contributed by atoms with Gasteiger partial charge in [0.15, 0.2) is 0 Å². The minimum absolute atomic E-state index is 0.163. The predicted octanol–water partition coefficient (Wildman–Crippen LogP) is 2.57. The number of likely N-dealkylation sites (tertiary alicyclic amines) is 1. The standard InChI is InChI=1S/C24H26N2O5/c27-21-7-4-12-26(21)17-18-8-10-20(11-9-18)24(29)31-22(19-5-2-1-3-6-19)23(28)25-13-15-30-16-14-25/h1-3,5-6,8-11,22H,4,7,12-17H2/t22-/m1/s1. The Balaban J connectivity index is 1.46. The van der Waals surface area contributed by atoms with E-state index >= 15 is 0 Å². The molecule has 2 aromatic rings. The quantitative estimate of drug-likeness (QED) is 0.669. The Morgan fingerprint density at radius 1 is 0.968 bits per heavy atom. The zero-order valence-corrected chi connectivity index (χ0v) is 17.4. The van der Waals surface area contributed by atoms with Crippen LogP contribution in [0.25, 0.3) is 0 Å². The number of morpholine rings is 1. The maximum atomic E-state index is 13.1. The van der Waals surface area contributed by atoms with Crippen molar-refractivity contribution in [2.75, 3.05) is 32.8 Å². The second-order valence-corrected chi connectivity index (χ2v) is 7.75. The molecule has 7 heteroatoms. The summed E-state index contributed by atoms with van der Waals surface area (Å²) in [6.07, 6.45) is 0.484. The highest BCUT2D eigenvalue weighted by atomic mass is 16.5. The minimum Gasteiger partial charge on any atom is -0.444 e. The Morgan fingerprint density at radius 2 is 1.68 bits per heavy atom. The molecular weight excluding hydrogens is 396 g/mol. The van der Waals surface area contributed by atoms with E-state index in [1.165, 1.54) is 0 Å². The third-order valence-corrected chi connectivity index (χ3v) is 5.61. The van der Waals surface area contributed by atoms with Crippen molar-refractivity contribution in [3.05, 3.63) is 71.3 Å². The molecule has 2 heterocycles. The van der Waals surface area contributed by atoms with Crippen molar-refractivity contribution >= 4 is 17.8 Å². The Bertz CT molecular complexity index is 923. The van der Waals surface area contributed by atoms with E-state index in [2.05, 4.69) is 0 Å². The number of carbonyl (C=O) groups excluding carboxylic acids is 3. The number of benzene rings is 2. The van der Waals surface area contributed by atoms with Crippen molar-refractivity contribution < 1.29 is 23.9 Å². The van der Waals surface area contributed by atoms with Crippen molar-refractivity contribution in [3.63, 3.8) is 0 Å². The van der Waals surface area contributed by atoms with Gasteiger partial charge in [0.2, 0.25) is 12.0 Å². The molecule has 2 aliphatic rings. The molecular formula is C24H26N2O5. The van der Waals surface area contributed by atoms with Gasteiger partial charge in [-0.2, -0.15) is 0 Å². The van der Waals surface area contributed by atoms with Crippen molar-refractivity contribution in [2.45, 2.75) is 25.5 Å². The van der Waals surface area contributed by atoms with Crippen LogP contribution >= 0.6 is 0 Å². The van der Waals surface area contributed by atoms with Gasteiger partial charge < -0.3 is 19.3 Å². The highest BCUT2D eigenvalue weighted by Gasteiger charge is 2.31. The summed E-state index contributed by atoms with van der Waals surface area (Å²) in [5.41, 5.74) is 1.96. The summed E-state index contributed by atoms with van der Waals surface area (Å²) in [6.45, 7) is 3.21. The SMILES string of the molecule is O=C(O[C@@H](C(=O)N1CCOCC1)c1ccccc1)c1ccc(CN2CCCC2=O)cc1. The van der Waals surface area contributed by atoms with Crippen molar-refractivity contribution in [2.24, 2.45) is 0 Å². The van der Waals surface area contributed by atoms with E-state index in [0.717, 1.165) is 18.5 Å². The van der Waals surface area contributed by atoms with Crippen LogP contribution in [0.1, 0.15) is 40.4 Å². The van der Waals surface area contributed by atoms with E-state index in [4.69, 9.17) is 9.47 Å². The summed E-state index contributed by atoms with van der Waals surface area (Å²) in [7, 11) is 0. The van der Waals surface area contributed by atoms with Gasteiger partial charge >= 0.3 is 5.97 Å². The zero-order valence-electron chi connectivity index (χ0n) is 17.4. The van der Waals surface area contributed by atoms with Gasteiger partial charge in [-0.05, 0) is 24.1 Å². The fourth-order valence-electron chi connectivity index (χ4n) is 3.85. The summed E-state index contributed by atoms with van der Waals surface area (Å²) in [5, 5.41) is 0. The summed E-state index contributed by atoms with van der Waals surface area (Å²) < 4.78 is 11.0. The van der Waals surface area contributed by atoms with Gasteiger partial charge in [0.05, 0.1) is 18.8 Å². The first kappa shape index (κ1) is 21.1. The van der Waals surface area contributed by atoms with Gasteiger partial charge in [-0.3, -0.25) is 9.59 Å². The lowest BCUT2D eigenvalue weighted by molar-refractivity contribution is -0.145. The van der Waals surface area contributed by atoms with Gasteiger partial charge in [-0.1, -0.05) is 42.5 Å². The molecule has 162 valence electrons. The van der Waals surface area contributed by atoms with Crippen LogP contribution in [0, 0.1) is 0 Å². The smallest absolute Gasteiger partial charge is 0.339 e. The molecule has 0 N–H and O–H groups in total. The Morgan fingerprint density at radius 3 is 2.32 bits per heavy atom. The molecule has 2 saturated heterocycles. The number of nitrogens with zero attached hydrogens (tertiary/aromatic N) is 2. The molecule has 0 saturated carbocycles. The number of ether oxygens (including phenoxy) is 2. The fraction of sp³-hybridized carbons (Fsp3) is 0.375. The third-order valence-electron chi connectivity index (χ3n) is 5.61. The Labute approximate surface area is 181 Å². The maximum Gasteiger partial charge on any atom is 0.339 e. The lowest BCUT2D eigenvalue weighted by atomic mass is 10.1. The molecule has 4 rings (SSSR count). The van der Waals surface area contributed by atoms with Gasteiger partial charge in [-0.25, -0.2) is 4.79 Å². The van der Waals surface area contributed by atoms with E-state index in [9.17, 15) is 14.4 Å². The number of carbonyl (C=O) groups is 3. The van der Waals surface area contributed by atoms with Gasteiger partial charge in [-0.15, -0.1) is 0 Å². The van der Waals surface area contributed by atoms with Crippen LogP contribution in [0.5, 0.6) is 0 Å². The van der Waals surface area contributed by atoms with E-state index in [1.54, 1.807) is 29.2 Å². The van der Waals surface area contributed by atoms with Crippen LogP contribution in [0.3, 0.4) is 0 Å². The van der Waals surface area contributed by atoms with Crippen LogP contribution in [0.2, 0.25) is 0 Å². The van der Waals surface area contributed by atoms with Gasteiger partial charge in [0, 0.05) is 38.2 Å². The topological polar surface area (TPSA) is 76.2 Å². The molecule has 7 nitrogen and oxygen atoms in total. The van der Waals surface area contributed by atoms with E-state index < -0.39 is 12.1 Å². The monoisotopic (exact) mass is 422 g/mol. The largest absolute Gasteiger partial charge is 0.444 e. The molecule has 2 fully saturated rings. The number of amides is 2. The summed E-state index contributed by atoms with van der Waals surface area (Å²) in [5.74, 6) is -0.637. The van der Waals surface area contributed by atoms with Crippen LogP contribution in [0.15, 0.2) is 54.6 Å². The van der Waals surface area contributed by atoms with Crippen LogP contribution in [-0.4, -0.2) is 60.4 Å². The minimum atomic E-state index is -1.01. The molecule has 0 aliphatic carbocycles. The van der Waals surface area contributed by atoms with Crippen molar-refractivity contribution in [3.8, 4) is 0 Å². The normalized spacial score (nSPS) is 17.5. The molecule has 0 unspecified atom stereocenters. The Hall–Kier alpha value is -3.19. The average Bonchev–Trinajstić information content (AvgIpc) is 3.22. The highest BCUT2D eigenvalue weighted by molar-refractivity contribution is 5.92. The van der Waals surface area contributed by atoms with Crippen LogP contribution in [0.4, 0.5) is 0 Å². The second-order valence-electron chi connectivity index (χ2n) is 7.75. The van der Waals surface area contributed by atoms with E-state index in [0.29, 0.717) is 50.4 Å². The molecule has 0 spiro atoms. The first-order valence-electron chi connectivity index (χ1n) is 10.6. The molecule has 0 aromatic heterocycles. The molecule has 31 heavy (non-hydrogen) atoms. The van der Waals surface area contributed by atoms with E-state index in [-0.39, 0.29) is 11.8 Å². The van der Waals surface area contributed by atoms with Crippen molar-refractivity contribution in [1.82, 2.24) is 9.80 Å². The van der Waals surface area contributed by atoms with Gasteiger partial charge in [0.1, 0.15) is 0 Å². The average molecular weight is 422 g/mol. The number of hydrogen-bond donors (Lipinski definition) is 0.